The molecule has 0 aliphatic carbocycles. The summed E-state index contributed by atoms with van der Waals surface area (Å²) in [4.78, 5) is 7.12. The number of nitrogens with zero attached hydrogens (tertiary/aromatic N) is 2. The monoisotopic (exact) mass is 259 g/mol. The van der Waals surface area contributed by atoms with Crippen molar-refractivity contribution in [2.75, 3.05) is 26.2 Å². The molecule has 0 radical (unpaired) electrons. The van der Waals surface area contributed by atoms with E-state index in [1.165, 1.54) is 22.5 Å². The topological polar surface area (TPSA) is 27.6 Å². The Balaban J connectivity index is 2.37. The average molecular weight is 259 g/mol. The molecule has 1 unspecified atom stereocenters. The lowest BCUT2D eigenvalue weighted by atomic mass is 9.96. The Bertz CT molecular complexity index is 465. The van der Waals surface area contributed by atoms with E-state index in [0.29, 0.717) is 0 Å². The highest BCUT2D eigenvalue weighted by Crippen LogP contribution is 2.24. The van der Waals surface area contributed by atoms with Gasteiger partial charge in [0.1, 0.15) is 5.84 Å². The second kappa shape index (κ2) is 6.20. The van der Waals surface area contributed by atoms with Crippen LogP contribution in [0.2, 0.25) is 0 Å². The molecule has 3 nitrogen and oxygen atoms in total. The van der Waals surface area contributed by atoms with Crippen LogP contribution < -0.4 is 5.32 Å². The van der Waals surface area contributed by atoms with Gasteiger partial charge in [-0.1, -0.05) is 25.1 Å². The van der Waals surface area contributed by atoms with Crippen molar-refractivity contribution in [3.63, 3.8) is 0 Å². The van der Waals surface area contributed by atoms with Crippen LogP contribution in [-0.2, 0) is 0 Å². The first-order valence-electron chi connectivity index (χ1n) is 7.27. The van der Waals surface area contributed by atoms with Crippen molar-refractivity contribution in [1.82, 2.24) is 10.2 Å². The zero-order valence-corrected chi connectivity index (χ0v) is 12.5. The van der Waals surface area contributed by atoms with Gasteiger partial charge in [-0.05, 0) is 44.0 Å². The molecule has 1 aliphatic rings. The van der Waals surface area contributed by atoms with E-state index in [1.54, 1.807) is 0 Å². The van der Waals surface area contributed by atoms with E-state index in [0.717, 1.165) is 26.2 Å². The Kier molecular flexibility index (Phi) is 4.59. The molecule has 1 aromatic carbocycles. The molecule has 1 atom stereocenters. The molecule has 0 saturated carbocycles. The van der Waals surface area contributed by atoms with Crippen LogP contribution in [0.4, 0.5) is 0 Å². The standard InChI is InChI=1S/C16H25N3/c1-5-17-15(16-18-10-11-19(16)6-2)14-9-7-8-12(3)13(14)4/h7-9,15,17H,5-6,10-11H2,1-4H3. The van der Waals surface area contributed by atoms with Crippen molar-refractivity contribution in [3.8, 4) is 0 Å². The summed E-state index contributed by atoms with van der Waals surface area (Å²) in [6.07, 6.45) is 0. The van der Waals surface area contributed by atoms with Gasteiger partial charge in [-0.25, -0.2) is 0 Å². The number of aryl methyl sites for hydroxylation is 1. The fourth-order valence-corrected chi connectivity index (χ4v) is 2.72. The van der Waals surface area contributed by atoms with E-state index in [4.69, 9.17) is 4.99 Å². The molecule has 0 bridgehead atoms. The maximum Gasteiger partial charge on any atom is 0.121 e. The quantitative estimate of drug-likeness (QED) is 0.880. The van der Waals surface area contributed by atoms with Gasteiger partial charge >= 0.3 is 0 Å². The second-order valence-electron chi connectivity index (χ2n) is 5.10. The Hall–Kier alpha value is -1.35. The van der Waals surface area contributed by atoms with E-state index in [-0.39, 0.29) is 6.04 Å². The molecule has 1 aliphatic heterocycles. The highest BCUT2D eigenvalue weighted by molar-refractivity contribution is 5.90. The molecule has 0 saturated heterocycles. The van der Waals surface area contributed by atoms with Crippen LogP contribution in [0.15, 0.2) is 23.2 Å². The van der Waals surface area contributed by atoms with Gasteiger partial charge in [0.2, 0.25) is 0 Å². The largest absolute Gasteiger partial charge is 0.357 e. The zero-order valence-electron chi connectivity index (χ0n) is 12.5. The minimum absolute atomic E-state index is 0.229. The smallest absolute Gasteiger partial charge is 0.121 e. The number of rotatable bonds is 5. The summed E-state index contributed by atoms with van der Waals surface area (Å²) >= 11 is 0. The highest BCUT2D eigenvalue weighted by atomic mass is 15.3. The van der Waals surface area contributed by atoms with Crippen LogP contribution in [0.3, 0.4) is 0 Å². The molecule has 0 amide bonds. The second-order valence-corrected chi connectivity index (χ2v) is 5.10. The van der Waals surface area contributed by atoms with Gasteiger partial charge in [0.15, 0.2) is 0 Å². The summed E-state index contributed by atoms with van der Waals surface area (Å²) in [6, 6.07) is 6.78. The van der Waals surface area contributed by atoms with Gasteiger partial charge in [0.05, 0.1) is 12.6 Å². The predicted octanol–water partition coefficient (Wildman–Crippen LogP) is 2.69. The molecule has 0 fully saturated rings. The third-order valence-electron chi connectivity index (χ3n) is 3.97. The third-order valence-corrected chi connectivity index (χ3v) is 3.97. The van der Waals surface area contributed by atoms with E-state index >= 15 is 0 Å². The van der Waals surface area contributed by atoms with Crippen LogP contribution in [0.5, 0.6) is 0 Å². The average Bonchev–Trinajstić information content (AvgIpc) is 2.88. The molecular weight excluding hydrogens is 234 g/mol. The summed E-state index contributed by atoms with van der Waals surface area (Å²) in [5, 5.41) is 3.60. The van der Waals surface area contributed by atoms with Crippen LogP contribution >= 0.6 is 0 Å². The SMILES string of the molecule is CCNC(C1=NCCN1CC)c1cccc(C)c1C. The first kappa shape index (κ1) is 14.1. The first-order valence-corrected chi connectivity index (χ1v) is 7.27. The van der Waals surface area contributed by atoms with E-state index in [1.807, 2.05) is 0 Å². The van der Waals surface area contributed by atoms with Gasteiger partial charge in [0.25, 0.3) is 0 Å². The number of nitrogens with one attached hydrogen (secondary N) is 1. The number of likely N-dealkylation sites (N-methyl/N-ethyl adjacent to an activating group) is 2. The first-order chi connectivity index (χ1) is 9.19. The number of hydrogen-bond acceptors (Lipinski definition) is 3. The summed E-state index contributed by atoms with van der Waals surface area (Å²) in [5.41, 5.74) is 4.09. The van der Waals surface area contributed by atoms with Gasteiger partial charge < -0.3 is 10.2 Å². The Morgan fingerprint density at radius 3 is 2.79 bits per heavy atom. The Labute approximate surface area is 116 Å². The predicted molar refractivity (Wildman–Crippen MR) is 81.9 cm³/mol. The number of hydrogen-bond donors (Lipinski definition) is 1. The summed E-state index contributed by atoms with van der Waals surface area (Å²) in [5.74, 6) is 1.21. The molecule has 0 spiro atoms. The molecule has 19 heavy (non-hydrogen) atoms. The zero-order chi connectivity index (χ0) is 13.8. The van der Waals surface area contributed by atoms with Crippen molar-refractivity contribution >= 4 is 5.84 Å². The van der Waals surface area contributed by atoms with Crippen LogP contribution in [0, 0.1) is 13.8 Å². The third kappa shape index (κ3) is 2.81. The molecular formula is C16H25N3. The van der Waals surface area contributed by atoms with Crippen molar-refractivity contribution in [1.29, 1.82) is 0 Å². The van der Waals surface area contributed by atoms with Crippen molar-refractivity contribution < 1.29 is 0 Å². The normalized spacial score (nSPS) is 16.6. The van der Waals surface area contributed by atoms with Gasteiger partial charge in [0, 0.05) is 13.1 Å². The van der Waals surface area contributed by atoms with Gasteiger partial charge in [-0.3, -0.25) is 4.99 Å². The molecule has 3 heteroatoms. The maximum atomic E-state index is 4.73. The maximum absolute atomic E-state index is 4.73. The van der Waals surface area contributed by atoms with E-state index in [9.17, 15) is 0 Å². The number of aliphatic imine (C=N–C) groups is 1. The van der Waals surface area contributed by atoms with Crippen molar-refractivity contribution in [3.05, 3.63) is 34.9 Å². The number of benzene rings is 1. The molecule has 1 aromatic rings. The molecule has 1 heterocycles. The summed E-state index contributed by atoms with van der Waals surface area (Å²) < 4.78 is 0. The Morgan fingerprint density at radius 1 is 1.32 bits per heavy atom. The lowest BCUT2D eigenvalue weighted by Gasteiger charge is -2.28. The number of amidine groups is 1. The van der Waals surface area contributed by atoms with Crippen molar-refractivity contribution in [2.45, 2.75) is 33.7 Å². The van der Waals surface area contributed by atoms with Gasteiger partial charge in [-0.15, -0.1) is 0 Å². The fourth-order valence-electron chi connectivity index (χ4n) is 2.72. The van der Waals surface area contributed by atoms with E-state index in [2.05, 4.69) is 56.1 Å². The minimum Gasteiger partial charge on any atom is -0.357 e. The lowest BCUT2D eigenvalue weighted by Crippen LogP contribution is -2.39. The van der Waals surface area contributed by atoms with Gasteiger partial charge in [-0.2, -0.15) is 0 Å². The van der Waals surface area contributed by atoms with Crippen molar-refractivity contribution in [2.24, 2.45) is 4.99 Å². The fraction of sp³-hybridized carbons (Fsp3) is 0.562. The van der Waals surface area contributed by atoms with E-state index < -0.39 is 0 Å². The van der Waals surface area contributed by atoms with Crippen LogP contribution in [-0.4, -0.2) is 36.9 Å². The molecule has 0 aromatic heterocycles. The highest BCUT2D eigenvalue weighted by Gasteiger charge is 2.26. The molecule has 104 valence electrons. The molecule has 2 rings (SSSR count). The molecule has 1 N–H and O–H groups in total. The minimum atomic E-state index is 0.229. The summed E-state index contributed by atoms with van der Waals surface area (Å²) in [6.45, 7) is 12.7. The van der Waals surface area contributed by atoms with Crippen LogP contribution in [0.25, 0.3) is 0 Å². The summed E-state index contributed by atoms with van der Waals surface area (Å²) in [7, 11) is 0. The lowest BCUT2D eigenvalue weighted by molar-refractivity contribution is 0.456. The Morgan fingerprint density at radius 2 is 2.11 bits per heavy atom. The van der Waals surface area contributed by atoms with Crippen LogP contribution in [0.1, 0.15) is 36.6 Å².